The predicted octanol–water partition coefficient (Wildman–Crippen LogP) is 8.26. The van der Waals surface area contributed by atoms with Crippen molar-refractivity contribution in [3.63, 3.8) is 0 Å². The van der Waals surface area contributed by atoms with Crippen molar-refractivity contribution in [3.8, 4) is 0 Å². The predicted molar refractivity (Wildman–Crippen MR) is 243 cm³/mol. The van der Waals surface area contributed by atoms with E-state index in [2.05, 4.69) is 0 Å². The molecule has 10 atom stereocenters. The molecular weight excluding hydrogens is 841 g/mol. The lowest BCUT2D eigenvalue weighted by Crippen LogP contribution is -2.65. The molecule has 0 spiro atoms. The van der Waals surface area contributed by atoms with Crippen LogP contribution in [-0.2, 0) is 69.1 Å². The first kappa shape index (κ1) is 46.5. The van der Waals surface area contributed by atoms with Gasteiger partial charge in [0.05, 0.1) is 50.3 Å². The van der Waals surface area contributed by atoms with Crippen molar-refractivity contribution < 1.29 is 57.3 Å². The van der Waals surface area contributed by atoms with Crippen molar-refractivity contribution in [2.45, 2.75) is 94.8 Å². The summed E-state index contributed by atoms with van der Waals surface area (Å²) in [4.78, 5) is 27.6. The Balaban J connectivity index is 1.17. The number of benzene rings is 6. The second kappa shape index (κ2) is 23.4. The largest absolute Gasteiger partial charge is 0.452 e. The highest BCUT2D eigenvalue weighted by atomic mass is 16.8. The molecule has 0 aliphatic carbocycles. The lowest BCUT2D eigenvalue weighted by Gasteiger charge is -2.49. The molecule has 0 amide bonds. The Labute approximate surface area is 384 Å². The maximum absolute atomic E-state index is 13.9. The van der Waals surface area contributed by atoms with Gasteiger partial charge in [-0.1, -0.05) is 158 Å². The van der Waals surface area contributed by atoms with Crippen LogP contribution in [0.5, 0.6) is 0 Å². The molecule has 12 nitrogen and oxygen atoms in total. The summed E-state index contributed by atoms with van der Waals surface area (Å²) < 4.78 is 59.1. The van der Waals surface area contributed by atoms with Gasteiger partial charge < -0.3 is 47.7 Å². The molecule has 12 heteroatoms. The summed E-state index contributed by atoms with van der Waals surface area (Å²) in [5.74, 6) is -1.50. The highest BCUT2D eigenvalue weighted by Gasteiger charge is 2.55. The normalized spacial score (nSPS) is 25.1. The zero-order valence-corrected chi connectivity index (χ0v) is 36.6. The van der Waals surface area contributed by atoms with Gasteiger partial charge in [0.1, 0.15) is 30.5 Å². The first-order valence-corrected chi connectivity index (χ1v) is 22.1. The summed E-state index contributed by atoms with van der Waals surface area (Å²) in [6, 6.07) is 55.7. The lowest BCUT2D eigenvalue weighted by atomic mass is 9.96. The van der Waals surface area contributed by atoms with Crippen molar-refractivity contribution >= 4 is 11.9 Å². The van der Waals surface area contributed by atoms with Crippen molar-refractivity contribution in [3.05, 3.63) is 215 Å². The summed E-state index contributed by atoms with van der Waals surface area (Å²) in [5.41, 5.74) is 4.16. The van der Waals surface area contributed by atoms with Gasteiger partial charge in [0.25, 0.3) is 0 Å². The number of carbonyl (C=O) groups excluding carboxylic acids is 2. The Hall–Kier alpha value is -6.06. The van der Waals surface area contributed by atoms with Crippen LogP contribution >= 0.6 is 0 Å². The molecule has 2 heterocycles. The summed E-state index contributed by atoms with van der Waals surface area (Å²) in [7, 11) is 0. The molecule has 1 N–H and O–H groups in total. The van der Waals surface area contributed by atoms with E-state index in [0.717, 1.165) is 22.3 Å². The standard InChI is InChI=1S/C54H54O12/c1-37-45(48(64-51(55)42-28-16-6-17-29-42)49(53(57)62-37)65-52(56)43-30-18-7-19-31-43)66-54-50(61-35-41-26-14-5-15-27-41)47(60-34-40-24-12-4-13-25-40)46(59-33-39-22-10-3-11-23-39)44(63-54)36-58-32-38-20-8-2-9-21-38/h2-31,37,44-50,53-54,57H,32-36H2,1H3/t37-,44+,45-,46+,47-,48+,49+,50+,53?,54+/m0/s1. The van der Waals surface area contributed by atoms with E-state index in [9.17, 15) is 14.7 Å². The third-order valence-electron chi connectivity index (χ3n) is 11.4. The molecule has 0 bridgehead atoms. The molecule has 6 aromatic carbocycles. The van der Waals surface area contributed by atoms with Gasteiger partial charge in [-0.2, -0.15) is 0 Å². The van der Waals surface area contributed by atoms with Crippen LogP contribution in [0.1, 0.15) is 49.9 Å². The van der Waals surface area contributed by atoms with Crippen molar-refractivity contribution in [1.29, 1.82) is 0 Å². The Kier molecular flexibility index (Phi) is 16.5. The van der Waals surface area contributed by atoms with Crippen LogP contribution in [0.2, 0.25) is 0 Å². The number of rotatable bonds is 19. The summed E-state index contributed by atoms with van der Waals surface area (Å²) in [6.45, 7) is 2.58. The molecule has 8 rings (SSSR count). The summed E-state index contributed by atoms with van der Waals surface area (Å²) in [5, 5.41) is 11.5. The average Bonchev–Trinajstić information content (AvgIpc) is 3.36. The van der Waals surface area contributed by atoms with Crippen LogP contribution in [0.25, 0.3) is 0 Å². The first-order valence-electron chi connectivity index (χ1n) is 22.1. The quantitative estimate of drug-likeness (QED) is 0.0784. The number of esters is 2. The van der Waals surface area contributed by atoms with Gasteiger partial charge in [-0.25, -0.2) is 9.59 Å². The molecule has 0 saturated carbocycles. The molecule has 0 radical (unpaired) electrons. The van der Waals surface area contributed by atoms with Crippen LogP contribution in [0.4, 0.5) is 0 Å². The SMILES string of the molecule is C[C@@H]1OC(O)[C@H](OC(=O)c2ccccc2)[C@H](OC(=O)c2ccccc2)[C@H]1O[C@H]1O[C@H](COCc2ccccc2)[C@@H](OCc2ccccc2)[C@H](OCc2ccccc2)[C@H]1OCc1ccccc1. The molecule has 66 heavy (non-hydrogen) atoms. The van der Waals surface area contributed by atoms with E-state index in [1.165, 1.54) is 0 Å². The third kappa shape index (κ3) is 12.4. The van der Waals surface area contributed by atoms with Crippen LogP contribution in [0.3, 0.4) is 0 Å². The van der Waals surface area contributed by atoms with E-state index < -0.39 is 73.4 Å². The third-order valence-corrected chi connectivity index (χ3v) is 11.4. The highest BCUT2D eigenvalue weighted by molar-refractivity contribution is 5.90. The number of ether oxygens (including phenoxy) is 9. The van der Waals surface area contributed by atoms with Crippen LogP contribution in [0, 0.1) is 0 Å². The molecule has 342 valence electrons. The van der Waals surface area contributed by atoms with Gasteiger partial charge in [-0.15, -0.1) is 0 Å². The van der Waals surface area contributed by atoms with Crippen molar-refractivity contribution in [2.75, 3.05) is 6.61 Å². The van der Waals surface area contributed by atoms with E-state index in [0.29, 0.717) is 6.61 Å². The number of hydrogen-bond donors (Lipinski definition) is 1. The smallest absolute Gasteiger partial charge is 0.338 e. The van der Waals surface area contributed by atoms with Crippen molar-refractivity contribution in [1.82, 2.24) is 0 Å². The van der Waals surface area contributed by atoms with E-state index in [1.807, 2.05) is 121 Å². The second-order valence-electron chi connectivity index (χ2n) is 16.1. The molecule has 2 saturated heterocycles. The van der Waals surface area contributed by atoms with E-state index in [-0.39, 0.29) is 37.6 Å². The first-order chi connectivity index (χ1) is 32.4. The van der Waals surface area contributed by atoms with Crippen LogP contribution < -0.4 is 0 Å². The fourth-order valence-corrected chi connectivity index (χ4v) is 7.98. The number of hydrogen-bond acceptors (Lipinski definition) is 12. The molecule has 2 aliphatic rings. The second-order valence-corrected chi connectivity index (χ2v) is 16.1. The zero-order chi connectivity index (χ0) is 45.5. The Morgan fingerprint density at radius 3 is 1.32 bits per heavy atom. The zero-order valence-electron chi connectivity index (χ0n) is 36.6. The Morgan fingerprint density at radius 2 is 0.848 bits per heavy atom. The van der Waals surface area contributed by atoms with Gasteiger partial charge >= 0.3 is 11.9 Å². The monoisotopic (exact) mass is 894 g/mol. The van der Waals surface area contributed by atoms with Gasteiger partial charge in [0, 0.05) is 0 Å². The summed E-state index contributed by atoms with van der Waals surface area (Å²) in [6.07, 6.45) is -11.4. The maximum atomic E-state index is 13.9. The Bertz CT molecular complexity index is 2360. The van der Waals surface area contributed by atoms with Gasteiger partial charge in [-0.3, -0.25) is 0 Å². The number of aliphatic hydroxyl groups excluding tert-OH is 1. The van der Waals surface area contributed by atoms with Crippen LogP contribution in [-0.4, -0.2) is 85.1 Å². The Morgan fingerprint density at radius 1 is 0.455 bits per heavy atom. The topological polar surface area (TPSA) is 137 Å². The average molecular weight is 895 g/mol. The lowest BCUT2D eigenvalue weighted by molar-refractivity contribution is -0.363. The van der Waals surface area contributed by atoms with Gasteiger partial charge in [0.2, 0.25) is 0 Å². The van der Waals surface area contributed by atoms with Crippen LogP contribution in [0.15, 0.2) is 182 Å². The maximum Gasteiger partial charge on any atom is 0.338 e. The summed E-state index contributed by atoms with van der Waals surface area (Å²) >= 11 is 0. The van der Waals surface area contributed by atoms with E-state index in [1.54, 1.807) is 67.6 Å². The van der Waals surface area contributed by atoms with E-state index >= 15 is 0 Å². The molecule has 2 fully saturated rings. The molecular formula is C54H54O12. The van der Waals surface area contributed by atoms with Gasteiger partial charge in [0.15, 0.2) is 24.8 Å². The van der Waals surface area contributed by atoms with E-state index in [4.69, 9.17) is 42.6 Å². The number of carbonyl (C=O) groups is 2. The fourth-order valence-electron chi connectivity index (χ4n) is 7.98. The van der Waals surface area contributed by atoms with Crippen molar-refractivity contribution in [2.24, 2.45) is 0 Å². The minimum atomic E-state index is -1.70. The fraction of sp³-hybridized carbons (Fsp3) is 0.296. The molecule has 6 aromatic rings. The molecule has 2 aliphatic heterocycles. The van der Waals surface area contributed by atoms with Gasteiger partial charge in [-0.05, 0) is 53.4 Å². The highest BCUT2D eigenvalue weighted by Crippen LogP contribution is 2.36. The molecule has 0 aromatic heterocycles. The minimum Gasteiger partial charge on any atom is -0.452 e. The minimum absolute atomic E-state index is 0.0595. The number of aliphatic hydroxyl groups is 1. The molecule has 1 unspecified atom stereocenters.